The van der Waals surface area contributed by atoms with E-state index < -0.39 is 0 Å². The van der Waals surface area contributed by atoms with E-state index in [4.69, 9.17) is 11.6 Å². The van der Waals surface area contributed by atoms with Gasteiger partial charge in [-0.3, -0.25) is 0 Å². The van der Waals surface area contributed by atoms with Crippen molar-refractivity contribution in [1.82, 2.24) is 5.32 Å². The molecular weight excluding hydrogens is 262 g/mol. The molecule has 1 aromatic carbocycles. The molecule has 0 bridgehead atoms. The standard InChI is InChI=1S/C15H18ClNS/c1-2-15(13-4-3-5-14(16)10-13)17-8-6-12-7-9-18-11-12/h3-5,7,9-11,15,17H,2,6,8H2,1H3. The van der Waals surface area contributed by atoms with Crippen molar-refractivity contribution in [2.24, 2.45) is 0 Å². The van der Waals surface area contributed by atoms with E-state index in [2.05, 4.69) is 35.1 Å². The average molecular weight is 280 g/mol. The van der Waals surface area contributed by atoms with Gasteiger partial charge in [-0.1, -0.05) is 30.7 Å². The molecule has 3 heteroatoms. The Labute approximate surface area is 118 Å². The molecule has 1 unspecified atom stereocenters. The molecule has 1 nitrogen and oxygen atoms in total. The zero-order valence-electron chi connectivity index (χ0n) is 10.5. The second-order valence-corrected chi connectivity index (χ2v) is 5.57. The van der Waals surface area contributed by atoms with Gasteiger partial charge >= 0.3 is 0 Å². The lowest BCUT2D eigenvalue weighted by molar-refractivity contribution is 0.523. The normalized spacial score (nSPS) is 12.6. The van der Waals surface area contributed by atoms with Gasteiger partial charge in [-0.25, -0.2) is 0 Å². The molecule has 0 aliphatic carbocycles. The van der Waals surface area contributed by atoms with Crippen molar-refractivity contribution in [3.05, 3.63) is 57.2 Å². The first kappa shape index (κ1) is 13.6. The Balaban J connectivity index is 1.89. The largest absolute Gasteiger partial charge is 0.310 e. The number of hydrogen-bond donors (Lipinski definition) is 1. The highest BCUT2D eigenvalue weighted by atomic mass is 35.5. The molecule has 1 heterocycles. The van der Waals surface area contributed by atoms with Crippen molar-refractivity contribution in [1.29, 1.82) is 0 Å². The van der Waals surface area contributed by atoms with Crippen molar-refractivity contribution in [2.45, 2.75) is 25.8 Å². The first-order chi connectivity index (χ1) is 8.79. The Morgan fingerprint density at radius 3 is 2.89 bits per heavy atom. The van der Waals surface area contributed by atoms with Crippen molar-refractivity contribution in [3.63, 3.8) is 0 Å². The molecule has 1 aromatic heterocycles. The maximum atomic E-state index is 6.03. The molecule has 2 rings (SSSR count). The van der Waals surface area contributed by atoms with Crippen molar-refractivity contribution in [3.8, 4) is 0 Å². The smallest absolute Gasteiger partial charge is 0.0409 e. The number of hydrogen-bond acceptors (Lipinski definition) is 2. The van der Waals surface area contributed by atoms with E-state index in [1.807, 2.05) is 18.2 Å². The molecule has 0 aliphatic rings. The van der Waals surface area contributed by atoms with Crippen LogP contribution in [0, 0.1) is 0 Å². The van der Waals surface area contributed by atoms with E-state index in [0.717, 1.165) is 24.4 Å². The zero-order chi connectivity index (χ0) is 12.8. The Morgan fingerprint density at radius 1 is 1.33 bits per heavy atom. The second-order valence-electron chi connectivity index (χ2n) is 4.35. The molecule has 0 radical (unpaired) electrons. The minimum Gasteiger partial charge on any atom is -0.310 e. The van der Waals surface area contributed by atoms with Crippen molar-refractivity contribution < 1.29 is 0 Å². The summed E-state index contributed by atoms with van der Waals surface area (Å²) in [4.78, 5) is 0. The number of halogens is 1. The van der Waals surface area contributed by atoms with Crippen LogP contribution in [-0.2, 0) is 6.42 Å². The number of rotatable bonds is 6. The predicted molar refractivity (Wildman–Crippen MR) is 80.5 cm³/mol. The fourth-order valence-electron chi connectivity index (χ4n) is 2.05. The van der Waals surface area contributed by atoms with Crippen LogP contribution < -0.4 is 5.32 Å². The molecule has 0 saturated heterocycles. The van der Waals surface area contributed by atoms with Gasteiger partial charge in [-0.2, -0.15) is 11.3 Å². The maximum Gasteiger partial charge on any atom is 0.0409 e. The molecule has 18 heavy (non-hydrogen) atoms. The molecule has 1 N–H and O–H groups in total. The van der Waals surface area contributed by atoms with Crippen LogP contribution in [0.2, 0.25) is 5.02 Å². The molecule has 0 fully saturated rings. The Hall–Kier alpha value is -0.830. The third-order valence-electron chi connectivity index (χ3n) is 3.04. The van der Waals surface area contributed by atoms with Crippen LogP contribution >= 0.6 is 22.9 Å². The van der Waals surface area contributed by atoms with Crippen molar-refractivity contribution >= 4 is 22.9 Å². The number of benzene rings is 1. The van der Waals surface area contributed by atoms with Crippen LogP contribution in [0.5, 0.6) is 0 Å². The average Bonchev–Trinajstić information content (AvgIpc) is 2.88. The van der Waals surface area contributed by atoms with Gasteiger partial charge in [0.2, 0.25) is 0 Å². The van der Waals surface area contributed by atoms with Gasteiger partial charge in [0, 0.05) is 11.1 Å². The van der Waals surface area contributed by atoms with E-state index in [9.17, 15) is 0 Å². The monoisotopic (exact) mass is 279 g/mol. The topological polar surface area (TPSA) is 12.0 Å². The third-order valence-corrected chi connectivity index (χ3v) is 4.01. The fourth-order valence-corrected chi connectivity index (χ4v) is 2.95. The summed E-state index contributed by atoms with van der Waals surface area (Å²) < 4.78 is 0. The minimum atomic E-state index is 0.391. The second kappa shape index (κ2) is 6.93. The van der Waals surface area contributed by atoms with E-state index in [-0.39, 0.29) is 0 Å². The summed E-state index contributed by atoms with van der Waals surface area (Å²) in [5.41, 5.74) is 2.68. The van der Waals surface area contributed by atoms with Gasteiger partial charge in [-0.05, 0) is 59.5 Å². The highest BCUT2D eigenvalue weighted by Crippen LogP contribution is 2.20. The van der Waals surface area contributed by atoms with E-state index in [0.29, 0.717) is 6.04 Å². The highest BCUT2D eigenvalue weighted by Gasteiger charge is 2.08. The minimum absolute atomic E-state index is 0.391. The molecule has 1 atom stereocenters. The van der Waals surface area contributed by atoms with Crippen LogP contribution in [0.1, 0.15) is 30.5 Å². The van der Waals surface area contributed by atoms with Gasteiger partial charge in [0.15, 0.2) is 0 Å². The van der Waals surface area contributed by atoms with Gasteiger partial charge in [-0.15, -0.1) is 0 Å². The SMILES string of the molecule is CCC(NCCc1ccsc1)c1cccc(Cl)c1. The molecule has 0 aliphatic heterocycles. The first-order valence-corrected chi connectivity index (χ1v) is 7.61. The summed E-state index contributed by atoms with van der Waals surface area (Å²) in [6, 6.07) is 10.7. The van der Waals surface area contributed by atoms with E-state index >= 15 is 0 Å². The number of thiophene rings is 1. The molecule has 96 valence electrons. The Morgan fingerprint density at radius 2 is 2.22 bits per heavy atom. The summed E-state index contributed by atoms with van der Waals surface area (Å²) in [6.07, 6.45) is 2.16. The molecule has 0 amide bonds. The molecule has 2 aromatic rings. The highest BCUT2D eigenvalue weighted by molar-refractivity contribution is 7.07. The summed E-state index contributed by atoms with van der Waals surface area (Å²) in [7, 11) is 0. The Bertz CT molecular complexity index is 467. The lowest BCUT2D eigenvalue weighted by Gasteiger charge is -2.17. The predicted octanol–water partition coefficient (Wildman–Crippen LogP) is 4.68. The van der Waals surface area contributed by atoms with Crippen LogP contribution in [0.3, 0.4) is 0 Å². The zero-order valence-corrected chi connectivity index (χ0v) is 12.1. The summed E-state index contributed by atoms with van der Waals surface area (Å²) >= 11 is 7.79. The van der Waals surface area contributed by atoms with Crippen molar-refractivity contribution in [2.75, 3.05) is 6.54 Å². The molecular formula is C15H18ClNS. The summed E-state index contributed by atoms with van der Waals surface area (Å²) in [5.74, 6) is 0. The van der Waals surface area contributed by atoms with E-state index in [1.165, 1.54) is 11.1 Å². The van der Waals surface area contributed by atoms with Gasteiger partial charge in [0.05, 0.1) is 0 Å². The van der Waals surface area contributed by atoms with Crippen LogP contribution in [0.25, 0.3) is 0 Å². The van der Waals surface area contributed by atoms with Gasteiger partial charge in [0.1, 0.15) is 0 Å². The van der Waals surface area contributed by atoms with Crippen LogP contribution in [-0.4, -0.2) is 6.54 Å². The molecule has 0 saturated carbocycles. The van der Waals surface area contributed by atoms with Crippen LogP contribution in [0.4, 0.5) is 0 Å². The molecule has 0 spiro atoms. The van der Waals surface area contributed by atoms with E-state index in [1.54, 1.807) is 11.3 Å². The van der Waals surface area contributed by atoms with Gasteiger partial charge < -0.3 is 5.32 Å². The lowest BCUT2D eigenvalue weighted by Crippen LogP contribution is -2.23. The fraction of sp³-hybridized carbons (Fsp3) is 0.333. The Kier molecular flexibility index (Phi) is 5.24. The summed E-state index contributed by atoms with van der Waals surface area (Å²) in [6.45, 7) is 3.20. The van der Waals surface area contributed by atoms with Crippen LogP contribution in [0.15, 0.2) is 41.1 Å². The lowest BCUT2D eigenvalue weighted by atomic mass is 10.0. The summed E-state index contributed by atoms with van der Waals surface area (Å²) in [5, 5.41) is 8.75. The third kappa shape index (κ3) is 3.84. The number of nitrogens with one attached hydrogen (secondary N) is 1. The first-order valence-electron chi connectivity index (χ1n) is 6.29. The van der Waals surface area contributed by atoms with Gasteiger partial charge in [0.25, 0.3) is 0 Å². The maximum absolute atomic E-state index is 6.03. The quantitative estimate of drug-likeness (QED) is 0.809.